The molecule has 8 heteroatoms. The molecule has 3 N–H and O–H groups in total. The molecule has 0 spiro atoms. The molecule has 1 aromatic carbocycles. The number of benzene rings is 1. The third-order valence-electron chi connectivity index (χ3n) is 4.78. The standard InChI is InChI=1S/C23H34N3O3S2/c1-4-5-7-19-9-11-20(12-10-19)16-25-21(23(27)24-14-13-18(2)3)17-26-31(28,29)22-8-6-15-30-22/h6,8-12,14-15,18,21,25-26H,4-5,7,13,16-17H2,1-3H3,(H,24,27)/t21-/m0/s1. The van der Waals surface area contributed by atoms with Crippen molar-refractivity contribution in [1.82, 2.24) is 15.4 Å². The van der Waals surface area contributed by atoms with E-state index in [9.17, 15) is 13.2 Å². The Balaban J connectivity index is 1.98. The first-order valence-corrected chi connectivity index (χ1v) is 13.1. The first-order chi connectivity index (χ1) is 14.8. The van der Waals surface area contributed by atoms with Gasteiger partial charge in [-0.25, -0.2) is 13.1 Å². The Morgan fingerprint density at radius 2 is 1.84 bits per heavy atom. The number of nitrogens with one attached hydrogen (secondary N) is 3. The largest absolute Gasteiger partial charge is 0.350 e. The smallest absolute Gasteiger partial charge is 0.250 e. The van der Waals surface area contributed by atoms with Crippen LogP contribution in [-0.4, -0.2) is 26.9 Å². The number of sulfonamides is 1. The van der Waals surface area contributed by atoms with Crippen LogP contribution in [0.3, 0.4) is 0 Å². The van der Waals surface area contributed by atoms with Crippen LogP contribution in [0.15, 0.2) is 46.0 Å². The quantitative estimate of drug-likeness (QED) is 0.396. The zero-order chi connectivity index (χ0) is 22.7. The predicted octanol–water partition coefficient (Wildman–Crippen LogP) is 3.85. The van der Waals surface area contributed by atoms with E-state index in [0.29, 0.717) is 12.5 Å². The molecule has 171 valence electrons. The topological polar surface area (TPSA) is 87.3 Å². The lowest BCUT2D eigenvalue weighted by Gasteiger charge is -2.19. The fraction of sp³-hybridized carbons (Fsp3) is 0.478. The summed E-state index contributed by atoms with van der Waals surface area (Å²) < 4.78 is 27.7. The van der Waals surface area contributed by atoms with Crippen molar-refractivity contribution in [3.05, 3.63) is 59.4 Å². The normalized spacial score (nSPS) is 12.8. The van der Waals surface area contributed by atoms with Crippen molar-refractivity contribution in [1.29, 1.82) is 0 Å². The molecule has 0 unspecified atom stereocenters. The average molecular weight is 465 g/mol. The SMILES string of the molecule is CCCCc1ccc(CN[C@@H](CNS(=O)(=O)c2cccs2)C(=O)N[CH]CC(C)C)cc1. The fourth-order valence-corrected chi connectivity index (χ4v) is 4.96. The molecule has 0 saturated heterocycles. The summed E-state index contributed by atoms with van der Waals surface area (Å²) in [6.07, 6.45) is 4.14. The molecule has 0 saturated carbocycles. The zero-order valence-corrected chi connectivity index (χ0v) is 20.2. The van der Waals surface area contributed by atoms with Gasteiger partial charge < -0.3 is 10.6 Å². The minimum atomic E-state index is -3.64. The van der Waals surface area contributed by atoms with Gasteiger partial charge >= 0.3 is 0 Å². The Hall–Kier alpha value is -1.74. The highest BCUT2D eigenvalue weighted by Crippen LogP contribution is 2.15. The molecule has 31 heavy (non-hydrogen) atoms. The van der Waals surface area contributed by atoms with E-state index in [1.54, 1.807) is 24.1 Å². The summed E-state index contributed by atoms with van der Waals surface area (Å²) in [5, 5.41) is 7.70. The lowest BCUT2D eigenvalue weighted by Crippen LogP contribution is -2.50. The van der Waals surface area contributed by atoms with Gasteiger partial charge in [0.1, 0.15) is 10.3 Å². The monoisotopic (exact) mass is 464 g/mol. The van der Waals surface area contributed by atoms with E-state index in [1.807, 2.05) is 12.1 Å². The first kappa shape index (κ1) is 25.5. The highest BCUT2D eigenvalue weighted by molar-refractivity contribution is 7.91. The van der Waals surface area contributed by atoms with Crippen molar-refractivity contribution in [2.45, 2.75) is 63.3 Å². The maximum absolute atomic E-state index is 12.7. The number of aryl methyl sites for hydroxylation is 1. The van der Waals surface area contributed by atoms with Gasteiger partial charge in [-0.2, -0.15) is 0 Å². The lowest BCUT2D eigenvalue weighted by atomic mass is 10.1. The summed E-state index contributed by atoms with van der Waals surface area (Å²) >= 11 is 1.15. The van der Waals surface area contributed by atoms with Crippen molar-refractivity contribution in [2.24, 2.45) is 5.92 Å². The Bertz CT molecular complexity index is 879. The molecule has 0 aliphatic rings. The molecule has 2 rings (SSSR count). The molecule has 1 radical (unpaired) electrons. The lowest BCUT2D eigenvalue weighted by molar-refractivity contribution is -0.122. The molecule has 6 nitrogen and oxygen atoms in total. The van der Waals surface area contributed by atoms with Crippen molar-refractivity contribution in [3.63, 3.8) is 0 Å². The van der Waals surface area contributed by atoms with Crippen molar-refractivity contribution >= 4 is 27.3 Å². The van der Waals surface area contributed by atoms with Gasteiger partial charge in [-0.15, -0.1) is 11.3 Å². The van der Waals surface area contributed by atoms with Gasteiger partial charge in [0, 0.05) is 19.6 Å². The van der Waals surface area contributed by atoms with Gasteiger partial charge in [-0.3, -0.25) is 4.79 Å². The van der Waals surface area contributed by atoms with Crippen LogP contribution in [0.4, 0.5) is 0 Å². The van der Waals surface area contributed by atoms with Gasteiger partial charge in [-0.05, 0) is 47.8 Å². The molecular weight excluding hydrogens is 430 g/mol. The molecular formula is C23H34N3O3S2. The van der Waals surface area contributed by atoms with Crippen LogP contribution in [-0.2, 0) is 27.8 Å². The Morgan fingerprint density at radius 1 is 1.13 bits per heavy atom. The van der Waals surface area contributed by atoms with Crippen LogP contribution >= 0.6 is 11.3 Å². The van der Waals surface area contributed by atoms with Crippen LogP contribution < -0.4 is 15.4 Å². The first-order valence-electron chi connectivity index (χ1n) is 10.8. The second-order valence-corrected chi connectivity index (χ2v) is 10.9. The number of thiophene rings is 1. The number of hydrogen-bond donors (Lipinski definition) is 3. The maximum Gasteiger partial charge on any atom is 0.250 e. The Labute approximate surface area is 190 Å². The van der Waals surface area contributed by atoms with Crippen molar-refractivity contribution < 1.29 is 13.2 Å². The molecule has 0 bridgehead atoms. The summed E-state index contributed by atoms with van der Waals surface area (Å²) in [5.41, 5.74) is 2.34. The van der Waals surface area contributed by atoms with Gasteiger partial charge in [-0.1, -0.05) is 57.5 Å². The molecule has 1 aromatic heterocycles. The van der Waals surface area contributed by atoms with Crippen LogP contribution in [0.2, 0.25) is 0 Å². The number of rotatable bonds is 14. The molecule has 1 amide bonds. The van der Waals surface area contributed by atoms with Crippen LogP contribution in [0, 0.1) is 12.5 Å². The van der Waals surface area contributed by atoms with Crippen molar-refractivity contribution in [2.75, 3.05) is 6.54 Å². The third-order valence-corrected chi connectivity index (χ3v) is 7.60. The fourth-order valence-electron chi connectivity index (χ4n) is 2.88. The van der Waals surface area contributed by atoms with Crippen LogP contribution in [0.5, 0.6) is 0 Å². The van der Waals surface area contributed by atoms with E-state index in [2.05, 4.69) is 48.3 Å². The number of carbonyl (C=O) groups is 1. The van der Waals surface area contributed by atoms with E-state index in [-0.39, 0.29) is 16.7 Å². The van der Waals surface area contributed by atoms with Gasteiger partial charge in [0.15, 0.2) is 0 Å². The number of unbranched alkanes of at least 4 members (excludes halogenated alkanes) is 1. The molecule has 0 aliphatic heterocycles. The van der Waals surface area contributed by atoms with Crippen LogP contribution in [0.25, 0.3) is 0 Å². The van der Waals surface area contributed by atoms with E-state index in [1.165, 1.54) is 5.56 Å². The van der Waals surface area contributed by atoms with Gasteiger partial charge in [0.25, 0.3) is 0 Å². The number of hydrogen-bond acceptors (Lipinski definition) is 5. The highest BCUT2D eigenvalue weighted by atomic mass is 32.2. The summed E-state index contributed by atoms with van der Waals surface area (Å²) in [5.74, 6) is 0.171. The molecule has 1 heterocycles. The second kappa shape index (κ2) is 13.0. The summed E-state index contributed by atoms with van der Waals surface area (Å²) in [6, 6.07) is 10.9. The second-order valence-electron chi connectivity index (χ2n) is 7.98. The predicted molar refractivity (Wildman–Crippen MR) is 127 cm³/mol. The van der Waals surface area contributed by atoms with E-state index >= 15 is 0 Å². The minimum absolute atomic E-state index is 0.0316. The zero-order valence-electron chi connectivity index (χ0n) is 18.6. The Morgan fingerprint density at radius 3 is 2.45 bits per heavy atom. The Kier molecular flexibility index (Phi) is 10.7. The van der Waals surface area contributed by atoms with Crippen molar-refractivity contribution in [3.8, 4) is 0 Å². The van der Waals surface area contributed by atoms with E-state index in [4.69, 9.17) is 0 Å². The summed E-state index contributed by atoms with van der Waals surface area (Å²) in [4.78, 5) is 12.7. The molecule has 0 fully saturated rings. The van der Waals surface area contributed by atoms with E-state index < -0.39 is 16.1 Å². The molecule has 1 atom stereocenters. The third kappa shape index (κ3) is 9.11. The number of carbonyl (C=O) groups excluding carboxylic acids is 1. The average Bonchev–Trinajstić information content (AvgIpc) is 3.28. The summed E-state index contributed by atoms with van der Waals surface area (Å²) in [6.45, 7) is 8.48. The van der Waals surface area contributed by atoms with Gasteiger partial charge in [0.2, 0.25) is 15.9 Å². The number of amides is 1. The van der Waals surface area contributed by atoms with Gasteiger partial charge in [0.05, 0.1) is 0 Å². The molecule has 0 aliphatic carbocycles. The summed E-state index contributed by atoms with van der Waals surface area (Å²) in [7, 11) is -3.64. The molecule has 2 aromatic rings. The maximum atomic E-state index is 12.7. The minimum Gasteiger partial charge on any atom is -0.350 e. The van der Waals surface area contributed by atoms with Crippen LogP contribution in [0.1, 0.15) is 51.2 Å². The highest BCUT2D eigenvalue weighted by Gasteiger charge is 2.22. The van der Waals surface area contributed by atoms with E-state index in [0.717, 1.165) is 42.6 Å².